The first-order chi connectivity index (χ1) is 16.7. The summed E-state index contributed by atoms with van der Waals surface area (Å²) in [6.07, 6.45) is -2.15. The van der Waals surface area contributed by atoms with Gasteiger partial charge in [0.25, 0.3) is 0 Å². The van der Waals surface area contributed by atoms with Gasteiger partial charge in [0.05, 0.1) is 41.6 Å². The fraction of sp³-hybridized carbons (Fsp3) is 0.167. The highest BCUT2D eigenvalue weighted by molar-refractivity contribution is 5.80. The molecule has 0 aliphatic carbocycles. The van der Waals surface area contributed by atoms with Crippen LogP contribution in [0, 0.1) is 5.82 Å². The lowest BCUT2D eigenvalue weighted by atomic mass is 10.0. The minimum Gasteiger partial charge on any atom is -0.469 e. The highest BCUT2D eigenvalue weighted by atomic mass is 19.4. The Kier molecular flexibility index (Phi) is 6.50. The van der Waals surface area contributed by atoms with Crippen LogP contribution in [0.2, 0.25) is 0 Å². The second-order valence-electron chi connectivity index (χ2n) is 7.54. The summed E-state index contributed by atoms with van der Waals surface area (Å²) < 4.78 is 61.9. The molecule has 2 aromatic carbocycles. The van der Waals surface area contributed by atoms with Gasteiger partial charge in [-0.25, -0.2) is 14.4 Å². The highest BCUT2D eigenvalue weighted by Gasteiger charge is 2.35. The first-order valence-electron chi connectivity index (χ1n) is 10.3. The zero-order chi connectivity index (χ0) is 25.2. The van der Waals surface area contributed by atoms with Crippen molar-refractivity contribution in [3.63, 3.8) is 0 Å². The lowest BCUT2D eigenvalue weighted by molar-refractivity contribution is -0.140. The number of hydrogen-bond donors (Lipinski definition) is 1. The third-order valence-corrected chi connectivity index (χ3v) is 5.09. The first kappa shape index (κ1) is 23.9. The number of carbonyl (C=O) groups is 1. The lowest BCUT2D eigenvalue weighted by Gasteiger charge is -2.17. The van der Waals surface area contributed by atoms with Crippen molar-refractivity contribution in [2.24, 2.45) is 7.05 Å². The van der Waals surface area contributed by atoms with Gasteiger partial charge in [-0.3, -0.25) is 9.48 Å². The molecular weight excluding hydrogens is 466 g/mol. The van der Waals surface area contributed by atoms with E-state index >= 15 is 0 Å². The lowest BCUT2D eigenvalue weighted by Crippen LogP contribution is -2.11. The Hall–Kier alpha value is -4.28. The van der Waals surface area contributed by atoms with Crippen LogP contribution in [0.4, 0.5) is 28.9 Å². The molecule has 4 aromatic rings. The smallest absolute Gasteiger partial charge is 0.417 e. The number of aromatic nitrogens is 4. The minimum atomic E-state index is -4.79. The van der Waals surface area contributed by atoms with E-state index in [-0.39, 0.29) is 34.9 Å². The maximum absolute atomic E-state index is 14.9. The van der Waals surface area contributed by atoms with Crippen molar-refractivity contribution in [1.82, 2.24) is 19.7 Å². The number of alkyl halides is 3. The van der Waals surface area contributed by atoms with Crippen LogP contribution in [-0.2, 0) is 29.2 Å². The molecule has 180 valence electrons. The Morgan fingerprint density at radius 2 is 1.86 bits per heavy atom. The van der Waals surface area contributed by atoms with E-state index in [1.54, 1.807) is 37.4 Å². The molecule has 2 heterocycles. The van der Waals surface area contributed by atoms with Crippen molar-refractivity contribution >= 4 is 17.3 Å². The molecule has 0 saturated carbocycles. The van der Waals surface area contributed by atoms with Crippen LogP contribution in [0.25, 0.3) is 22.5 Å². The SMILES string of the molecule is COC(=O)Cc1ncc(Nc2cc(-c3ccn(C)n3)c(C(F)(F)F)cc2F)c(-c2ccccc2)n1. The molecule has 7 nitrogen and oxygen atoms in total. The number of halogens is 4. The first-order valence-corrected chi connectivity index (χ1v) is 10.3. The Morgan fingerprint density at radius 1 is 1.11 bits per heavy atom. The number of rotatable bonds is 6. The molecule has 0 saturated heterocycles. The van der Waals surface area contributed by atoms with E-state index in [9.17, 15) is 22.4 Å². The van der Waals surface area contributed by atoms with Crippen molar-refractivity contribution in [1.29, 1.82) is 0 Å². The summed E-state index contributed by atoms with van der Waals surface area (Å²) >= 11 is 0. The zero-order valence-corrected chi connectivity index (χ0v) is 18.6. The van der Waals surface area contributed by atoms with Gasteiger partial charge >= 0.3 is 12.1 Å². The second kappa shape index (κ2) is 9.53. The minimum absolute atomic E-state index is 0.0378. The number of methoxy groups -OCH3 is 1. The van der Waals surface area contributed by atoms with Gasteiger partial charge < -0.3 is 10.1 Å². The van der Waals surface area contributed by atoms with Gasteiger partial charge in [0, 0.05) is 24.4 Å². The third-order valence-electron chi connectivity index (χ3n) is 5.09. The Morgan fingerprint density at radius 3 is 2.49 bits per heavy atom. The van der Waals surface area contributed by atoms with E-state index < -0.39 is 23.5 Å². The van der Waals surface area contributed by atoms with Gasteiger partial charge in [0.1, 0.15) is 18.1 Å². The summed E-state index contributed by atoms with van der Waals surface area (Å²) in [5.41, 5.74) is -0.427. The fourth-order valence-electron chi connectivity index (χ4n) is 3.43. The number of hydrogen-bond acceptors (Lipinski definition) is 6. The summed E-state index contributed by atoms with van der Waals surface area (Å²) in [5, 5.41) is 6.85. The van der Waals surface area contributed by atoms with Gasteiger partial charge in [-0.05, 0) is 18.2 Å². The van der Waals surface area contributed by atoms with Crippen LogP contribution >= 0.6 is 0 Å². The quantitative estimate of drug-likeness (QED) is 0.300. The molecule has 0 aliphatic heterocycles. The molecule has 0 radical (unpaired) electrons. The number of nitrogens with one attached hydrogen (secondary N) is 1. The number of aryl methyl sites for hydroxylation is 1. The fourth-order valence-corrected chi connectivity index (χ4v) is 3.43. The van der Waals surface area contributed by atoms with E-state index in [2.05, 4.69) is 25.1 Å². The number of ether oxygens (including phenoxy) is 1. The van der Waals surface area contributed by atoms with E-state index in [4.69, 9.17) is 0 Å². The molecule has 0 atom stereocenters. The average molecular weight is 485 g/mol. The van der Waals surface area contributed by atoms with Gasteiger partial charge in [-0.1, -0.05) is 30.3 Å². The molecule has 0 bridgehead atoms. The van der Waals surface area contributed by atoms with Crippen molar-refractivity contribution in [3.05, 3.63) is 78.1 Å². The molecule has 0 amide bonds. The highest BCUT2D eigenvalue weighted by Crippen LogP contribution is 2.40. The monoisotopic (exact) mass is 485 g/mol. The molecule has 0 spiro atoms. The molecule has 11 heteroatoms. The van der Waals surface area contributed by atoms with Crippen molar-refractivity contribution in [3.8, 4) is 22.5 Å². The average Bonchev–Trinajstić information content (AvgIpc) is 3.27. The van der Waals surface area contributed by atoms with Crippen molar-refractivity contribution < 1.29 is 27.1 Å². The van der Waals surface area contributed by atoms with E-state index in [0.717, 1.165) is 6.07 Å². The van der Waals surface area contributed by atoms with Crippen LogP contribution in [0.5, 0.6) is 0 Å². The largest absolute Gasteiger partial charge is 0.469 e. The molecule has 0 aliphatic rings. The van der Waals surface area contributed by atoms with Crippen molar-refractivity contribution in [2.45, 2.75) is 12.6 Å². The maximum Gasteiger partial charge on any atom is 0.417 e. The normalized spacial score (nSPS) is 11.4. The van der Waals surface area contributed by atoms with Gasteiger partial charge in [-0.2, -0.15) is 18.3 Å². The predicted octanol–water partition coefficient (Wildman–Crippen LogP) is 5.16. The van der Waals surface area contributed by atoms with E-state index in [1.165, 1.54) is 30.3 Å². The topological polar surface area (TPSA) is 81.9 Å². The zero-order valence-electron chi connectivity index (χ0n) is 18.6. The number of benzene rings is 2. The number of nitrogens with zero attached hydrogens (tertiary/aromatic N) is 4. The molecule has 0 fully saturated rings. The second-order valence-corrected chi connectivity index (χ2v) is 7.54. The molecular formula is C24H19F4N5O2. The van der Waals surface area contributed by atoms with Gasteiger partial charge in [-0.15, -0.1) is 0 Å². The van der Waals surface area contributed by atoms with Crippen LogP contribution in [-0.4, -0.2) is 32.8 Å². The van der Waals surface area contributed by atoms with Crippen molar-refractivity contribution in [2.75, 3.05) is 12.4 Å². The summed E-state index contributed by atoms with van der Waals surface area (Å²) in [5.74, 6) is -1.49. The maximum atomic E-state index is 14.9. The number of anilines is 2. The summed E-state index contributed by atoms with van der Waals surface area (Å²) in [7, 11) is 2.81. The van der Waals surface area contributed by atoms with Crippen LogP contribution < -0.4 is 5.32 Å². The molecule has 1 N–H and O–H groups in total. The predicted molar refractivity (Wildman–Crippen MR) is 120 cm³/mol. The van der Waals surface area contributed by atoms with Crippen LogP contribution in [0.15, 0.2) is 60.9 Å². The molecule has 35 heavy (non-hydrogen) atoms. The number of carbonyl (C=O) groups excluding carboxylic acids is 1. The summed E-state index contributed by atoms with van der Waals surface area (Å²) in [6.45, 7) is 0. The van der Waals surface area contributed by atoms with E-state index in [0.29, 0.717) is 17.3 Å². The van der Waals surface area contributed by atoms with Crippen LogP contribution in [0.3, 0.4) is 0 Å². The molecule has 2 aromatic heterocycles. The standard InChI is InChI=1S/C24H19F4N5O2/c1-33-9-8-18(32-33)15-10-19(17(25)11-16(15)24(26,27)28)30-20-13-29-21(12-22(34)35-2)31-23(20)14-6-4-3-5-7-14/h3-11,13,30H,12H2,1-2H3. The molecule has 0 unspecified atom stereocenters. The molecule has 4 rings (SSSR count). The summed E-state index contributed by atoms with van der Waals surface area (Å²) in [6, 6.07) is 11.7. The Labute approximate surface area is 197 Å². The number of esters is 1. The van der Waals surface area contributed by atoms with Crippen LogP contribution in [0.1, 0.15) is 11.4 Å². The Bertz CT molecular complexity index is 1370. The summed E-state index contributed by atoms with van der Waals surface area (Å²) in [4.78, 5) is 20.2. The van der Waals surface area contributed by atoms with Gasteiger partial charge in [0.2, 0.25) is 0 Å². The van der Waals surface area contributed by atoms with E-state index in [1.807, 2.05) is 0 Å². The third kappa shape index (κ3) is 5.29. The van der Waals surface area contributed by atoms with Gasteiger partial charge in [0.15, 0.2) is 0 Å². The Balaban J connectivity index is 1.81.